The Bertz CT molecular complexity index is 312. The third kappa shape index (κ3) is 1.19. The number of hydrogen-bond acceptors (Lipinski definition) is 6. The van der Waals surface area contributed by atoms with Gasteiger partial charge in [0, 0.05) is 0 Å². The van der Waals surface area contributed by atoms with E-state index in [9.17, 15) is 4.79 Å². The van der Waals surface area contributed by atoms with Crippen molar-refractivity contribution in [2.45, 2.75) is 0 Å². The summed E-state index contributed by atoms with van der Waals surface area (Å²) in [6.07, 6.45) is 0. The highest BCUT2D eigenvalue weighted by atomic mass is 16.1. The minimum atomic E-state index is -0.798. The van der Waals surface area contributed by atoms with Crippen LogP contribution in [0.25, 0.3) is 0 Å². The van der Waals surface area contributed by atoms with Crippen molar-refractivity contribution in [2.75, 3.05) is 17.2 Å². The lowest BCUT2D eigenvalue weighted by Gasteiger charge is -2.02. The summed E-state index contributed by atoms with van der Waals surface area (Å²) in [5.41, 5.74) is 20.9. The molecule has 0 radical (unpaired) electrons. The molecule has 0 fully saturated rings. The van der Waals surface area contributed by atoms with Gasteiger partial charge in [0.05, 0.1) is 0 Å². The van der Waals surface area contributed by atoms with Gasteiger partial charge in [-0.3, -0.25) is 4.79 Å². The quantitative estimate of drug-likeness (QED) is 0.393. The SMILES string of the molecule is NC(=O)c1nc(N)c(N)c(N)n1. The van der Waals surface area contributed by atoms with E-state index in [-0.39, 0.29) is 23.1 Å². The lowest BCUT2D eigenvalue weighted by Crippen LogP contribution is -2.18. The van der Waals surface area contributed by atoms with Gasteiger partial charge in [0.1, 0.15) is 5.69 Å². The number of nitrogens with zero attached hydrogens (tertiary/aromatic N) is 2. The Labute approximate surface area is 67.8 Å². The van der Waals surface area contributed by atoms with E-state index in [0.29, 0.717) is 0 Å². The van der Waals surface area contributed by atoms with Crippen LogP contribution in [0.15, 0.2) is 0 Å². The van der Waals surface area contributed by atoms with E-state index >= 15 is 0 Å². The van der Waals surface area contributed by atoms with Gasteiger partial charge in [-0.2, -0.15) is 0 Å². The maximum Gasteiger partial charge on any atom is 0.286 e. The monoisotopic (exact) mass is 168 g/mol. The summed E-state index contributed by atoms with van der Waals surface area (Å²) in [6, 6.07) is 0. The number of carbonyl (C=O) groups excluding carboxylic acids is 1. The van der Waals surface area contributed by atoms with Crippen molar-refractivity contribution < 1.29 is 4.79 Å². The highest BCUT2D eigenvalue weighted by Gasteiger charge is 2.09. The fraction of sp³-hybridized carbons (Fsp3) is 0. The molecule has 64 valence electrons. The molecular weight excluding hydrogens is 160 g/mol. The molecule has 0 atom stereocenters. The number of primary amides is 1. The Hall–Kier alpha value is -2.05. The molecule has 0 spiro atoms. The van der Waals surface area contributed by atoms with Crippen molar-refractivity contribution in [3.8, 4) is 0 Å². The van der Waals surface area contributed by atoms with Crippen LogP contribution in [0.4, 0.5) is 17.3 Å². The highest BCUT2D eigenvalue weighted by Crippen LogP contribution is 2.16. The minimum absolute atomic E-state index is 0.0451. The van der Waals surface area contributed by atoms with Crippen LogP contribution in [0.2, 0.25) is 0 Å². The van der Waals surface area contributed by atoms with Gasteiger partial charge >= 0.3 is 0 Å². The summed E-state index contributed by atoms with van der Waals surface area (Å²) >= 11 is 0. The summed E-state index contributed by atoms with van der Waals surface area (Å²) in [5, 5.41) is 0. The highest BCUT2D eigenvalue weighted by molar-refractivity contribution is 5.90. The van der Waals surface area contributed by atoms with E-state index in [0.717, 1.165) is 0 Å². The number of nitrogen functional groups attached to an aromatic ring is 3. The van der Waals surface area contributed by atoms with Crippen LogP contribution in [0.3, 0.4) is 0 Å². The number of aromatic nitrogens is 2. The Kier molecular flexibility index (Phi) is 1.70. The first-order chi connectivity index (χ1) is 5.52. The predicted octanol–water partition coefficient (Wildman–Crippen LogP) is -1.68. The van der Waals surface area contributed by atoms with Crippen molar-refractivity contribution in [2.24, 2.45) is 5.73 Å². The molecule has 0 aliphatic heterocycles. The fourth-order valence-corrected chi connectivity index (χ4v) is 0.615. The zero-order valence-electron chi connectivity index (χ0n) is 6.11. The molecule has 8 N–H and O–H groups in total. The second kappa shape index (κ2) is 2.53. The van der Waals surface area contributed by atoms with Crippen molar-refractivity contribution in [3.63, 3.8) is 0 Å². The lowest BCUT2D eigenvalue weighted by atomic mass is 10.4. The maximum atomic E-state index is 10.6. The lowest BCUT2D eigenvalue weighted by molar-refractivity contribution is 0.0990. The number of nitrogens with two attached hydrogens (primary N) is 4. The van der Waals surface area contributed by atoms with E-state index < -0.39 is 5.91 Å². The standard InChI is InChI=1S/C5H8N6O/c6-1-2(7)10-5(4(9)12)11-3(1)8/h6H2,(H2,9,12)(H4,7,8,10,11). The first kappa shape index (κ1) is 8.05. The first-order valence-electron chi connectivity index (χ1n) is 3.00. The number of carbonyl (C=O) groups is 1. The molecule has 0 aromatic carbocycles. The molecule has 1 aromatic rings. The number of hydrogen-bond donors (Lipinski definition) is 4. The van der Waals surface area contributed by atoms with Crippen LogP contribution < -0.4 is 22.9 Å². The van der Waals surface area contributed by atoms with Gasteiger partial charge in [-0.15, -0.1) is 0 Å². The first-order valence-corrected chi connectivity index (χ1v) is 3.00. The van der Waals surface area contributed by atoms with Gasteiger partial charge in [-0.25, -0.2) is 9.97 Å². The molecule has 0 bridgehead atoms. The zero-order chi connectivity index (χ0) is 9.30. The average Bonchev–Trinajstić information content (AvgIpc) is 1.99. The Morgan fingerprint density at radius 3 is 1.83 bits per heavy atom. The average molecular weight is 168 g/mol. The van der Waals surface area contributed by atoms with Gasteiger partial charge in [-0.1, -0.05) is 0 Å². The van der Waals surface area contributed by atoms with Crippen LogP contribution in [0.1, 0.15) is 10.6 Å². The second-order valence-corrected chi connectivity index (χ2v) is 2.10. The number of amides is 1. The van der Waals surface area contributed by atoms with Crippen molar-refractivity contribution >= 4 is 23.2 Å². The van der Waals surface area contributed by atoms with Crippen LogP contribution in [0, 0.1) is 0 Å². The van der Waals surface area contributed by atoms with Gasteiger partial charge in [0.15, 0.2) is 11.6 Å². The summed E-state index contributed by atoms with van der Waals surface area (Å²) < 4.78 is 0. The van der Waals surface area contributed by atoms with Crippen LogP contribution >= 0.6 is 0 Å². The van der Waals surface area contributed by atoms with Crippen molar-refractivity contribution in [1.29, 1.82) is 0 Å². The molecule has 1 aromatic heterocycles. The maximum absolute atomic E-state index is 10.6. The largest absolute Gasteiger partial charge is 0.393 e. The molecule has 7 heteroatoms. The second-order valence-electron chi connectivity index (χ2n) is 2.10. The Morgan fingerprint density at radius 1 is 1.08 bits per heavy atom. The van der Waals surface area contributed by atoms with Crippen LogP contribution in [-0.4, -0.2) is 15.9 Å². The fourth-order valence-electron chi connectivity index (χ4n) is 0.615. The van der Waals surface area contributed by atoms with Crippen molar-refractivity contribution in [3.05, 3.63) is 5.82 Å². The Morgan fingerprint density at radius 2 is 1.50 bits per heavy atom. The van der Waals surface area contributed by atoms with E-state index in [1.54, 1.807) is 0 Å². The van der Waals surface area contributed by atoms with E-state index in [1.807, 2.05) is 0 Å². The van der Waals surface area contributed by atoms with E-state index in [1.165, 1.54) is 0 Å². The van der Waals surface area contributed by atoms with Crippen LogP contribution in [-0.2, 0) is 0 Å². The van der Waals surface area contributed by atoms with Gasteiger partial charge in [0.25, 0.3) is 5.91 Å². The number of anilines is 3. The minimum Gasteiger partial charge on any atom is -0.393 e. The molecule has 1 rings (SSSR count). The summed E-state index contributed by atoms with van der Waals surface area (Å²) in [7, 11) is 0. The Balaban J connectivity index is 3.31. The van der Waals surface area contributed by atoms with Gasteiger partial charge in [0.2, 0.25) is 5.82 Å². The molecule has 0 aliphatic carbocycles. The number of rotatable bonds is 1. The third-order valence-corrected chi connectivity index (χ3v) is 1.22. The molecule has 7 nitrogen and oxygen atoms in total. The summed E-state index contributed by atoms with van der Waals surface area (Å²) in [5.74, 6) is -1.12. The van der Waals surface area contributed by atoms with E-state index in [2.05, 4.69) is 9.97 Å². The molecular formula is C5H8N6O. The molecule has 0 saturated carbocycles. The molecule has 1 heterocycles. The summed E-state index contributed by atoms with van der Waals surface area (Å²) in [6.45, 7) is 0. The molecule has 0 unspecified atom stereocenters. The normalized spacial score (nSPS) is 9.67. The van der Waals surface area contributed by atoms with Gasteiger partial charge in [-0.05, 0) is 0 Å². The molecule has 0 saturated heterocycles. The van der Waals surface area contributed by atoms with Crippen LogP contribution in [0.5, 0.6) is 0 Å². The molecule has 1 amide bonds. The van der Waals surface area contributed by atoms with Gasteiger partial charge < -0.3 is 22.9 Å². The van der Waals surface area contributed by atoms with E-state index in [4.69, 9.17) is 22.9 Å². The molecule has 0 aliphatic rings. The molecule has 12 heavy (non-hydrogen) atoms. The topological polar surface area (TPSA) is 147 Å². The predicted molar refractivity (Wildman–Crippen MR) is 43.8 cm³/mol. The third-order valence-electron chi connectivity index (χ3n) is 1.22. The summed E-state index contributed by atoms with van der Waals surface area (Å²) in [4.78, 5) is 17.6. The smallest absolute Gasteiger partial charge is 0.286 e. The zero-order valence-corrected chi connectivity index (χ0v) is 6.11. The van der Waals surface area contributed by atoms with Crippen molar-refractivity contribution in [1.82, 2.24) is 9.97 Å².